The van der Waals surface area contributed by atoms with E-state index in [1.807, 2.05) is 42.5 Å². The van der Waals surface area contributed by atoms with E-state index in [2.05, 4.69) is 9.97 Å². The summed E-state index contributed by atoms with van der Waals surface area (Å²) in [5.41, 5.74) is 3.45. The number of aromatic amines is 1. The van der Waals surface area contributed by atoms with E-state index in [9.17, 15) is 14.7 Å². The zero-order valence-electron chi connectivity index (χ0n) is 14.6. The lowest BCUT2D eigenvalue weighted by Crippen LogP contribution is -2.44. The highest BCUT2D eigenvalue weighted by Gasteiger charge is 2.52. The molecule has 6 heteroatoms. The lowest BCUT2D eigenvalue weighted by molar-refractivity contribution is -0.129. The minimum Gasteiger partial charge on any atom is -0.512 e. The predicted octanol–water partition coefficient (Wildman–Crippen LogP) is 2.82. The summed E-state index contributed by atoms with van der Waals surface area (Å²) >= 11 is 0. The number of aliphatic hydroxyl groups excluding tert-OH is 1. The summed E-state index contributed by atoms with van der Waals surface area (Å²) in [6.45, 7) is 1.38. The maximum atomic E-state index is 13.0. The first-order chi connectivity index (χ1) is 13.1. The minimum atomic E-state index is -0.631. The average molecular weight is 359 g/mol. The first-order valence-electron chi connectivity index (χ1n) is 8.85. The number of Topliss-reactive ketones (excluding diaryl/α,β-unsaturated/α-hetero) is 1. The van der Waals surface area contributed by atoms with Crippen molar-refractivity contribution < 1.29 is 14.7 Å². The Balaban J connectivity index is 1.79. The number of fused-ring (bicyclic) bond motifs is 4. The summed E-state index contributed by atoms with van der Waals surface area (Å²) in [6.07, 6.45) is 2.10. The van der Waals surface area contributed by atoms with Crippen LogP contribution in [0.2, 0.25) is 0 Å². The Morgan fingerprint density at radius 1 is 1.19 bits per heavy atom. The molecule has 6 nitrogen and oxygen atoms in total. The van der Waals surface area contributed by atoms with Crippen LogP contribution < -0.4 is 0 Å². The molecule has 2 atom stereocenters. The fraction of sp³-hybridized carbons (Fsp3) is 0.190. The highest BCUT2D eigenvalue weighted by atomic mass is 16.3. The number of hydrogen-bond acceptors (Lipinski definition) is 4. The van der Waals surface area contributed by atoms with Crippen LogP contribution in [0.3, 0.4) is 0 Å². The van der Waals surface area contributed by atoms with Crippen LogP contribution in [-0.2, 0) is 16.0 Å². The lowest BCUT2D eigenvalue weighted by Gasteiger charge is -2.36. The number of aromatic nitrogens is 2. The Morgan fingerprint density at radius 3 is 2.70 bits per heavy atom. The number of pyridine rings is 1. The van der Waals surface area contributed by atoms with E-state index < -0.39 is 18.0 Å². The zero-order valence-corrected chi connectivity index (χ0v) is 14.6. The third-order valence-corrected chi connectivity index (χ3v) is 5.46. The smallest absolute Gasteiger partial charge is 0.262 e. The van der Waals surface area contributed by atoms with Gasteiger partial charge < -0.3 is 15.0 Å². The van der Waals surface area contributed by atoms with Crippen molar-refractivity contribution in [2.45, 2.75) is 25.4 Å². The largest absolute Gasteiger partial charge is 0.512 e. The number of carbonyl (C=O) groups excluding carboxylic acids is 2. The Hall–Kier alpha value is -3.41. The number of amides is 1. The molecular weight excluding hydrogens is 342 g/mol. The van der Waals surface area contributed by atoms with Crippen molar-refractivity contribution in [2.24, 2.45) is 0 Å². The predicted molar refractivity (Wildman–Crippen MR) is 99.1 cm³/mol. The van der Waals surface area contributed by atoms with E-state index in [1.165, 1.54) is 6.92 Å². The van der Waals surface area contributed by atoms with Crippen molar-refractivity contribution in [1.29, 1.82) is 0 Å². The number of nitrogens with one attached hydrogen (secondary N) is 1. The molecular formula is C21H17N3O3. The van der Waals surface area contributed by atoms with Gasteiger partial charge in [-0.25, -0.2) is 0 Å². The maximum Gasteiger partial charge on any atom is 0.262 e. The van der Waals surface area contributed by atoms with Gasteiger partial charge in [0.25, 0.3) is 5.91 Å². The van der Waals surface area contributed by atoms with Gasteiger partial charge in [-0.2, -0.15) is 0 Å². The van der Waals surface area contributed by atoms with Gasteiger partial charge in [-0.1, -0.05) is 24.3 Å². The number of H-pyrrole nitrogens is 1. The molecule has 3 aromatic rings. The molecule has 0 saturated carbocycles. The van der Waals surface area contributed by atoms with Gasteiger partial charge in [0.15, 0.2) is 5.78 Å². The van der Waals surface area contributed by atoms with Crippen molar-refractivity contribution in [3.05, 3.63) is 76.9 Å². The van der Waals surface area contributed by atoms with Crippen LogP contribution in [0.1, 0.15) is 29.9 Å². The van der Waals surface area contributed by atoms with Crippen LogP contribution in [0.5, 0.6) is 0 Å². The van der Waals surface area contributed by atoms with E-state index in [0.29, 0.717) is 12.1 Å². The van der Waals surface area contributed by atoms with Crippen LogP contribution in [0, 0.1) is 0 Å². The van der Waals surface area contributed by atoms with Gasteiger partial charge >= 0.3 is 0 Å². The van der Waals surface area contributed by atoms with Crippen LogP contribution in [0.15, 0.2) is 60.0 Å². The van der Waals surface area contributed by atoms with E-state index in [1.54, 1.807) is 11.1 Å². The molecule has 1 fully saturated rings. The fourth-order valence-electron chi connectivity index (χ4n) is 4.32. The molecule has 2 aliphatic heterocycles. The Kier molecular flexibility index (Phi) is 3.25. The van der Waals surface area contributed by atoms with Crippen molar-refractivity contribution in [3.63, 3.8) is 0 Å². The fourth-order valence-corrected chi connectivity index (χ4v) is 4.32. The molecule has 2 aromatic heterocycles. The Morgan fingerprint density at radius 2 is 1.96 bits per heavy atom. The topological polar surface area (TPSA) is 86.3 Å². The van der Waals surface area contributed by atoms with Gasteiger partial charge in [-0.15, -0.1) is 0 Å². The quantitative estimate of drug-likeness (QED) is 0.397. The molecule has 0 spiro atoms. The van der Waals surface area contributed by atoms with Crippen molar-refractivity contribution in [3.8, 4) is 0 Å². The second kappa shape index (κ2) is 5.54. The molecule has 0 aliphatic carbocycles. The molecule has 1 saturated heterocycles. The van der Waals surface area contributed by atoms with E-state index in [0.717, 1.165) is 22.2 Å². The second-order valence-corrected chi connectivity index (χ2v) is 6.98. The summed E-state index contributed by atoms with van der Waals surface area (Å²) in [6, 6.07) is 12.3. The summed E-state index contributed by atoms with van der Waals surface area (Å²) in [7, 11) is 0. The standard InChI is InChI=1S/C21H17N3O3/c1-11(25)17-20(26)16-10-13-12-6-2-3-7-14(12)23-18(13)19(24(16)21(17)27)15-8-4-5-9-22-15/h2-9,16,19,23,25H,10H2,1H3/b17-11-/t16-,19+/m0/s1. The first kappa shape index (κ1) is 15.8. The molecule has 0 bridgehead atoms. The molecule has 2 N–H and O–H groups in total. The number of hydrogen-bond donors (Lipinski definition) is 2. The van der Waals surface area contributed by atoms with Gasteiger partial charge in [0.05, 0.1) is 5.69 Å². The van der Waals surface area contributed by atoms with E-state index >= 15 is 0 Å². The molecule has 27 heavy (non-hydrogen) atoms. The number of nitrogens with zero attached hydrogens (tertiary/aromatic N) is 2. The van der Waals surface area contributed by atoms with Gasteiger partial charge in [0.2, 0.25) is 0 Å². The number of benzene rings is 1. The normalized spacial score (nSPS) is 23.5. The highest BCUT2D eigenvalue weighted by Crippen LogP contribution is 2.44. The summed E-state index contributed by atoms with van der Waals surface area (Å²) in [5.74, 6) is -0.991. The number of aliphatic hydroxyl groups is 1. The van der Waals surface area contributed by atoms with Crippen molar-refractivity contribution in [2.75, 3.05) is 0 Å². The van der Waals surface area contributed by atoms with Crippen LogP contribution in [0.4, 0.5) is 0 Å². The number of rotatable bonds is 1. The molecule has 4 heterocycles. The van der Waals surface area contributed by atoms with Crippen LogP contribution in [-0.4, -0.2) is 37.7 Å². The second-order valence-electron chi connectivity index (χ2n) is 6.98. The van der Waals surface area contributed by atoms with E-state index in [-0.39, 0.29) is 17.1 Å². The van der Waals surface area contributed by atoms with Gasteiger partial charge in [0.1, 0.15) is 23.4 Å². The molecule has 0 radical (unpaired) electrons. The molecule has 1 amide bonds. The summed E-state index contributed by atoms with van der Waals surface area (Å²) < 4.78 is 0. The van der Waals surface area contributed by atoms with Crippen LogP contribution in [0.25, 0.3) is 10.9 Å². The highest BCUT2D eigenvalue weighted by molar-refractivity contribution is 6.27. The molecule has 5 rings (SSSR count). The van der Waals surface area contributed by atoms with E-state index in [4.69, 9.17) is 0 Å². The summed E-state index contributed by atoms with van der Waals surface area (Å²) in [4.78, 5) is 35.4. The SMILES string of the molecule is C/C(O)=C1\C(=O)[C@@H]2Cc3c([nH]c4ccccc34)[C@@H](c3ccccn3)N2C1=O. The molecule has 0 unspecified atom stereocenters. The summed E-state index contributed by atoms with van der Waals surface area (Å²) in [5, 5.41) is 11.0. The van der Waals surface area contributed by atoms with Crippen molar-refractivity contribution >= 4 is 22.6 Å². The zero-order chi connectivity index (χ0) is 18.7. The third-order valence-electron chi connectivity index (χ3n) is 5.46. The number of ketones is 1. The number of carbonyl (C=O) groups is 2. The Labute approximate surface area is 155 Å². The monoisotopic (exact) mass is 359 g/mol. The van der Waals surface area contributed by atoms with Gasteiger partial charge in [-0.3, -0.25) is 14.6 Å². The maximum absolute atomic E-state index is 13.0. The lowest BCUT2D eigenvalue weighted by atomic mass is 9.90. The van der Waals surface area contributed by atoms with Gasteiger partial charge in [-0.05, 0) is 30.7 Å². The Bertz CT molecular complexity index is 1130. The minimum absolute atomic E-state index is 0.115. The average Bonchev–Trinajstić information content (AvgIpc) is 3.16. The van der Waals surface area contributed by atoms with Crippen LogP contribution >= 0.6 is 0 Å². The number of para-hydroxylation sites is 1. The molecule has 2 aliphatic rings. The van der Waals surface area contributed by atoms with Crippen molar-refractivity contribution in [1.82, 2.24) is 14.9 Å². The first-order valence-corrected chi connectivity index (χ1v) is 8.85. The van der Waals surface area contributed by atoms with Gasteiger partial charge in [0, 0.05) is 29.2 Å². The molecule has 1 aromatic carbocycles. The number of allylic oxidation sites excluding steroid dienone is 1. The third kappa shape index (κ3) is 2.10. The molecule has 134 valence electrons.